The first-order chi connectivity index (χ1) is 7.39. The van der Waals surface area contributed by atoms with Crippen LogP contribution in [0.15, 0.2) is 24.3 Å². The molecule has 1 atom stereocenters. The van der Waals surface area contributed by atoms with Crippen molar-refractivity contribution in [1.82, 2.24) is 0 Å². The zero-order chi connectivity index (χ0) is 12.2. The molecule has 1 unspecified atom stereocenters. The molecule has 0 aliphatic heterocycles. The molecule has 1 aromatic rings. The monoisotopic (exact) mass is 243 g/mol. The Balaban J connectivity index is 2.66. The van der Waals surface area contributed by atoms with Crippen molar-refractivity contribution in [2.45, 2.75) is 25.1 Å². The van der Waals surface area contributed by atoms with Gasteiger partial charge in [-0.2, -0.15) is 0 Å². The fourth-order valence-corrected chi connectivity index (χ4v) is 2.90. The molecule has 0 radical (unpaired) electrons. The highest BCUT2D eigenvalue weighted by Gasteiger charge is 2.13. The van der Waals surface area contributed by atoms with Gasteiger partial charge in [0.05, 0.1) is 11.5 Å². The number of phenols is 1. The SMILES string of the molecule is CC(N)CCS(=O)(=O)Cc1cccc(O)c1. The Morgan fingerprint density at radius 3 is 2.69 bits per heavy atom. The number of hydrogen-bond acceptors (Lipinski definition) is 4. The van der Waals surface area contributed by atoms with Crippen LogP contribution >= 0.6 is 0 Å². The van der Waals surface area contributed by atoms with E-state index in [0.29, 0.717) is 12.0 Å². The van der Waals surface area contributed by atoms with Crippen LogP contribution in [0.4, 0.5) is 0 Å². The normalized spacial score (nSPS) is 13.6. The van der Waals surface area contributed by atoms with Gasteiger partial charge in [0.15, 0.2) is 9.84 Å². The van der Waals surface area contributed by atoms with Crippen LogP contribution in [0.3, 0.4) is 0 Å². The predicted octanol–water partition coefficient (Wildman–Crippen LogP) is 1.04. The van der Waals surface area contributed by atoms with Crippen molar-refractivity contribution >= 4 is 9.84 Å². The summed E-state index contributed by atoms with van der Waals surface area (Å²) in [6, 6.07) is 6.18. The first-order valence-electron chi connectivity index (χ1n) is 5.13. The number of benzene rings is 1. The van der Waals surface area contributed by atoms with Gasteiger partial charge in [-0.3, -0.25) is 0 Å². The third-order valence-corrected chi connectivity index (χ3v) is 3.81. The second-order valence-electron chi connectivity index (χ2n) is 4.03. The Hall–Kier alpha value is -1.07. The summed E-state index contributed by atoms with van der Waals surface area (Å²) in [4.78, 5) is 0. The minimum absolute atomic E-state index is 0.0475. The summed E-state index contributed by atoms with van der Waals surface area (Å²) < 4.78 is 23.4. The van der Waals surface area contributed by atoms with E-state index in [1.54, 1.807) is 19.1 Å². The molecule has 0 fully saturated rings. The van der Waals surface area contributed by atoms with Gasteiger partial charge >= 0.3 is 0 Å². The molecule has 0 saturated carbocycles. The topological polar surface area (TPSA) is 80.4 Å². The van der Waals surface area contributed by atoms with Gasteiger partial charge in [-0.25, -0.2) is 8.42 Å². The number of sulfone groups is 1. The highest BCUT2D eigenvalue weighted by Crippen LogP contribution is 2.14. The van der Waals surface area contributed by atoms with Crippen molar-refractivity contribution in [3.63, 3.8) is 0 Å². The summed E-state index contributed by atoms with van der Waals surface area (Å²) in [5, 5.41) is 9.21. The lowest BCUT2D eigenvalue weighted by molar-refractivity contribution is 0.475. The van der Waals surface area contributed by atoms with Gasteiger partial charge in [-0.05, 0) is 31.0 Å². The standard InChI is InChI=1S/C11H17NO3S/c1-9(12)5-6-16(14,15)8-10-3-2-4-11(13)7-10/h2-4,7,9,13H,5-6,8,12H2,1H3. The third kappa shape index (κ3) is 4.63. The van der Waals surface area contributed by atoms with Gasteiger partial charge in [0.2, 0.25) is 0 Å². The van der Waals surface area contributed by atoms with E-state index in [2.05, 4.69) is 0 Å². The number of nitrogens with two attached hydrogens (primary N) is 1. The number of hydrogen-bond donors (Lipinski definition) is 2. The van der Waals surface area contributed by atoms with Crippen LogP contribution < -0.4 is 5.73 Å². The van der Waals surface area contributed by atoms with Crippen LogP contribution in [0.25, 0.3) is 0 Å². The van der Waals surface area contributed by atoms with Gasteiger partial charge in [-0.15, -0.1) is 0 Å². The van der Waals surface area contributed by atoms with Crippen molar-refractivity contribution in [2.75, 3.05) is 5.75 Å². The summed E-state index contributed by atoms with van der Waals surface area (Å²) in [5.74, 6) is 0.119. The van der Waals surface area contributed by atoms with Crippen LogP contribution in [-0.2, 0) is 15.6 Å². The Morgan fingerprint density at radius 2 is 2.12 bits per heavy atom. The van der Waals surface area contributed by atoms with Crippen LogP contribution in [0, 0.1) is 0 Å². The Bertz CT molecular complexity index is 440. The van der Waals surface area contributed by atoms with E-state index in [4.69, 9.17) is 5.73 Å². The van der Waals surface area contributed by atoms with E-state index in [1.165, 1.54) is 12.1 Å². The highest BCUT2D eigenvalue weighted by molar-refractivity contribution is 7.90. The third-order valence-electron chi connectivity index (χ3n) is 2.18. The minimum atomic E-state index is -3.14. The van der Waals surface area contributed by atoms with E-state index in [9.17, 15) is 13.5 Å². The number of phenolic OH excluding ortho intramolecular Hbond substituents is 1. The smallest absolute Gasteiger partial charge is 0.154 e. The van der Waals surface area contributed by atoms with Gasteiger partial charge in [-0.1, -0.05) is 12.1 Å². The fraction of sp³-hybridized carbons (Fsp3) is 0.455. The molecule has 90 valence electrons. The van der Waals surface area contributed by atoms with Crippen molar-refractivity contribution in [3.8, 4) is 5.75 Å². The van der Waals surface area contributed by atoms with E-state index in [0.717, 1.165) is 0 Å². The van der Waals surface area contributed by atoms with Crippen molar-refractivity contribution in [1.29, 1.82) is 0 Å². The molecule has 0 aliphatic carbocycles. The lowest BCUT2D eigenvalue weighted by atomic mass is 10.2. The molecule has 0 amide bonds. The van der Waals surface area contributed by atoms with E-state index >= 15 is 0 Å². The van der Waals surface area contributed by atoms with Gasteiger partial charge in [0, 0.05) is 6.04 Å². The second-order valence-corrected chi connectivity index (χ2v) is 6.21. The van der Waals surface area contributed by atoms with Gasteiger partial charge in [0.1, 0.15) is 5.75 Å². The lowest BCUT2D eigenvalue weighted by Crippen LogP contribution is -2.20. The molecule has 16 heavy (non-hydrogen) atoms. The largest absolute Gasteiger partial charge is 0.508 e. The zero-order valence-electron chi connectivity index (χ0n) is 9.26. The molecule has 0 spiro atoms. The maximum atomic E-state index is 11.7. The first-order valence-corrected chi connectivity index (χ1v) is 6.95. The zero-order valence-corrected chi connectivity index (χ0v) is 10.1. The highest BCUT2D eigenvalue weighted by atomic mass is 32.2. The minimum Gasteiger partial charge on any atom is -0.508 e. The lowest BCUT2D eigenvalue weighted by Gasteiger charge is -2.07. The molecule has 0 aromatic heterocycles. The quantitative estimate of drug-likeness (QED) is 0.810. The molecule has 0 bridgehead atoms. The molecular formula is C11H17NO3S. The Kier molecular flexibility index (Phi) is 4.32. The van der Waals surface area contributed by atoms with E-state index in [-0.39, 0.29) is 23.3 Å². The molecule has 1 rings (SSSR count). The average molecular weight is 243 g/mol. The van der Waals surface area contributed by atoms with E-state index < -0.39 is 9.84 Å². The van der Waals surface area contributed by atoms with Crippen molar-refractivity contribution in [2.24, 2.45) is 5.73 Å². The van der Waals surface area contributed by atoms with Crippen LogP contribution in [0.5, 0.6) is 5.75 Å². The van der Waals surface area contributed by atoms with Gasteiger partial charge < -0.3 is 10.8 Å². The molecule has 0 saturated heterocycles. The maximum Gasteiger partial charge on any atom is 0.154 e. The summed E-state index contributed by atoms with van der Waals surface area (Å²) in [6.07, 6.45) is 0.459. The first kappa shape index (κ1) is 13.0. The van der Waals surface area contributed by atoms with Crippen molar-refractivity contribution in [3.05, 3.63) is 29.8 Å². The molecule has 0 aliphatic rings. The average Bonchev–Trinajstić information content (AvgIpc) is 2.14. The van der Waals surface area contributed by atoms with Crippen LogP contribution in [0.1, 0.15) is 18.9 Å². The van der Waals surface area contributed by atoms with Gasteiger partial charge in [0.25, 0.3) is 0 Å². The number of rotatable bonds is 5. The van der Waals surface area contributed by atoms with Crippen molar-refractivity contribution < 1.29 is 13.5 Å². The fourth-order valence-electron chi connectivity index (χ4n) is 1.34. The summed E-state index contributed by atoms with van der Waals surface area (Å²) in [5.41, 5.74) is 6.11. The van der Waals surface area contributed by atoms with E-state index in [1.807, 2.05) is 0 Å². The molecule has 4 nitrogen and oxygen atoms in total. The Morgan fingerprint density at radius 1 is 1.44 bits per heavy atom. The molecule has 0 heterocycles. The van der Waals surface area contributed by atoms with Crippen LogP contribution in [0.2, 0.25) is 0 Å². The predicted molar refractivity (Wildman–Crippen MR) is 63.9 cm³/mol. The summed E-state index contributed by atoms with van der Waals surface area (Å²) in [7, 11) is -3.14. The molecule has 1 aromatic carbocycles. The Labute approximate surface area is 96.0 Å². The number of aromatic hydroxyl groups is 1. The summed E-state index contributed by atoms with van der Waals surface area (Å²) >= 11 is 0. The molecule has 5 heteroatoms. The van der Waals surface area contributed by atoms with Crippen LogP contribution in [-0.4, -0.2) is 25.3 Å². The molecule has 3 N–H and O–H groups in total. The second kappa shape index (κ2) is 5.32. The maximum absolute atomic E-state index is 11.7. The molecular weight excluding hydrogens is 226 g/mol. The summed E-state index contributed by atoms with van der Waals surface area (Å²) in [6.45, 7) is 1.78.